The zero-order valence-electron chi connectivity index (χ0n) is 18.3. The molecule has 7 heteroatoms. The summed E-state index contributed by atoms with van der Waals surface area (Å²) in [6.45, 7) is 1.51. The number of nitrogens with one attached hydrogen (secondary N) is 1. The van der Waals surface area contributed by atoms with E-state index in [1.54, 1.807) is 73.8 Å². The van der Waals surface area contributed by atoms with Gasteiger partial charge in [0.05, 0.1) is 17.2 Å². The molecule has 0 fully saturated rings. The number of carbonyl (C=O) groups excluding carboxylic acids is 4. The van der Waals surface area contributed by atoms with Gasteiger partial charge in [0, 0.05) is 18.3 Å². The van der Waals surface area contributed by atoms with E-state index >= 15 is 0 Å². The lowest BCUT2D eigenvalue weighted by molar-refractivity contribution is -0.132. The molecule has 1 N–H and O–H groups in total. The van der Waals surface area contributed by atoms with Crippen LogP contribution in [0.3, 0.4) is 0 Å². The average Bonchev–Trinajstić information content (AvgIpc) is 3.08. The molecule has 0 radical (unpaired) electrons. The van der Waals surface area contributed by atoms with E-state index in [9.17, 15) is 19.2 Å². The lowest BCUT2D eigenvalue weighted by Gasteiger charge is -2.27. The number of carbonyl (C=O) groups is 4. The van der Waals surface area contributed by atoms with Crippen molar-refractivity contribution in [2.75, 3.05) is 18.9 Å². The predicted molar refractivity (Wildman–Crippen MR) is 124 cm³/mol. The van der Waals surface area contributed by atoms with Crippen molar-refractivity contribution in [3.05, 3.63) is 101 Å². The minimum absolute atomic E-state index is 0.226. The Morgan fingerprint density at radius 1 is 0.879 bits per heavy atom. The van der Waals surface area contributed by atoms with Crippen molar-refractivity contribution < 1.29 is 19.2 Å². The Balaban J connectivity index is 1.44. The molecule has 3 aromatic rings. The summed E-state index contributed by atoms with van der Waals surface area (Å²) in [5.74, 6) is -1.52. The Labute approximate surface area is 191 Å². The number of benzene rings is 3. The van der Waals surface area contributed by atoms with Gasteiger partial charge in [0.25, 0.3) is 17.7 Å². The molecular formula is C26H23N3O4. The zero-order chi connectivity index (χ0) is 23.5. The van der Waals surface area contributed by atoms with Crippen LogP contribution in [0, 0.1) is 0 Å². The Kier molecular flexibility index (Phi) is 6.04. The number of amides is 4. The van der Waals surface area contributed by atoms with E-state index in [1.165, 1.54) is 4.90 Å². The Hall–Kier alpha value is -4.26. The maximum Gasteiger partial charge on any atom is 0.262 e. The molecule has 33 heavy (non-hydrogen) atoms. The van der Waals surface area contributed by atoms with Crippen LogP contribution in [0.25, 0.3) is 0 Å². The molecular weight excluding hydrogens is 418 g/mol. The van der Waals surface area contributed by atoms with Gasteiger partial charge in [-0.2, -0.15) is 0 Å². The molecule has 4 amide bonds. The molecule has 3 aromatic carbocycles. The number of fused-ring (bicyclic) bond motifs is 1. The Morgan fingerprint density at radius 3 is 2.12 bits per heavy atom. The van der Waals surface area contributed by atoms with Crippen molar-refractivity contribution in [2.24, 2.45) is 0 Å². The molecule has 1 aliphatic rings. The molecule has 0 bridgehead atoms. The molecule has 166 valence electrons. The van der Waals surface area contributed by atoms with Gasteiger partial charge in [0.2, 0.25) is 5.91 Å². The summed E-state index contributed by atoms with van der Waals surface area (Å²) in [5.41, 5.74) is 2.58. The summed E-state index contributed by atoms with van der Waals surface area (Å²) >= 11 is 0. The van der Waals surface area contributed by atoms with E-state index < -0.39 is 11.8 Å². The standard InChI is InChI=1S/C26H23N3O4/c1-17(19-11-8-12-20(15-19)27-24(31)18-9-4-3-5-10-18)28(2)23(30)16-29-25(32)21-13-6-7-14-22(21)26(29)33/h3-15,17H,16H2,1-2H3,(H,27,31). The molecule has 1 unspecified atom stereocenters. The third kappa shape index (κ3) is 4.39. The van der Waals surface area contributed by atoms with Crippen LogP contribution in [0.15, 0.2) is 78.9 Å². The Morgan fingerprint density at radius 2 is 1.48 bits per heavy atom. The highest BCUT2D eigenvalue weighted by Gasteiger charge is 2.37. The topological polar surface area (TPSA) is 86.8 Å². The fourth-order valence-electron chi connectivity index (χ4n) is 3.74. The van der Waals surface area contributed by atoms with Crippen LogP contribution >= 0.6 is 0 Å². The van der Waals surface area contributed by atoms with Gasteiger partial charge in [0.15, 0.2) is 0 Å². The predicted octanol–water partition coefficient (Wildman–Crippen LogP) is 3.75. The van der Waals surface area contributed by atoms with Crippen LogP contribution in [0.2, 0.25) is 0 Å². The van der Waals surface area contributed by atoms with Gasteiger partial charge >= 0.3 is 0 Å². The largest absolute Gasteiger partial charge is 0.337 e. The minimum Gasteiger partial charge on any atom is -0.337 e. The molecule has 0 spiro atoms. The second kappa shape index (κ2) is 9.08. The highest BCUT2D eigenvalue weighted by Crippen LogP contribution is 2.25. The molecule has 0 saturated heterocycles. The zero-order valence-corrected chi connectivity index (χ0v) is 18.3. The fourth-order valence-corrected chi connectivity index (χ4v) is 3.74. The van der Waals surface area contributed by atoms with Crippen LogP contribution in [0.5, 0.6) is 0 Å². The number of rotatable bonds is 6. The van der Waals surface area contributed by atoms with E-state index in [4.69, 9.17) is 0 Å². The highest BCUT2D eigenvalue weighted by atomic mass is 16.2. The number of likely N-dealkylation sites (N-methyl/N-ethyl adjacent to an activating group) is 1. The maximum absolute atomic E-state index is 12.9. The van der Waals surface area contributed by atoms with E-state index in [-0.39, 0.29) is 24.4 Å². The molecule has 1 heterocycles. The smallest absolute Gasteiger partial charge is 0.262 e. The summed E-state index contributed by atoms with van der Waals surface area (Å²) in [4.78, 5) is 52.9. The summed E-state index contributed by atoms with van der Waals surface area (Å²) in [7, 11) is 1.63. The molecule has 1 atom stereocenters. The molecule has 0 saturated carbocycles. The van der Waals surface area contributed by atoms with Gasteiger partial charge in [-0.25, -0.2) is 0 Å². The van der Waals surface area contributed by atoms with Crippen LogP contribution < -0.4 is 5.32 Å². The third-order valence-corrected chi connectivity index (χ3v) is 5.81. The van der Waals surface area contributed by atoms with Gasteiger partial charge in [-0.05, 0) is 48.9 Å². The number of hydrogen-bond donors (Lipinski definition) is 1. The quantitative estimate of drug-likeness (QED) is 0.590. The second-order valence-corrected chi connectivity index (χ2v) is 7.87. The third-order valence-electron chi connectivity index (χ3n) is 5.81. The van der Waals surface area contributed by atoms with Crippen LogP contribution in [-0.2, 0) is 4.79 Å². The van der Waals surface area contributed by atoms with Crippen molar-refractivity contribution in [3.8, 4) is 0 Å². The van der Waals surface area contributed by atoms with Crippen LogP contribution in [0.1, 0.15) is 49.6 Å². The second-order valence-electron chi connectivity index (χ2n) is 7.87. The van der Waals surface area contributed by atoms with Gasteiger partial charge in [0.1, 0.15) is 6.54 Å². The number of imide groups is 1. The van der Waals surface area contributed by atoms with Gasteiger partial charge in [-0.15, -0.1) is 0 Å². The van der Waals surface area contributed by atoms with Gasteiger partial charge < -0.3 is 10.2 Å². The first kappa shape index (κ1) is 22.0. The lowest BCUT2D eigenvalue weighted by atomic mass is 10.1. The highest BCUT2D eigenvalue weighted by molar-refractivity contribution is 6.22. The lowest BCUT2D eigenvalue weighted by Crippen LogP contribution is -2.42. The first-order valence-electron chi connectivity index (χ1n) is 10.5. The van der Waals surface area contributed by atoms with E-state index in [0.29, 0.717) is 22.4 Å². The summed E-state index contributed by atoms with van der Waals surface area (Å²) < 4.78 is 0. The number of nitrogens with zero attached hydrogens (tertiary/aromatic N) is 2. The average molecular weight is 441 g/mol. The molecule has 0 aliphatic carbocycles. The molecule has 0 aromatic heterocycles. The first-order chi connectivity index (χ1) is 15.9. The minimum atomic E-state index is -0.462. The van der Waals surface area contributed by atoms with Gasteiger partial charge in [-0.3, -0.25) is 24.1 Å². The van der Waals surface area contributed by atoms with Gasteiger partial charge in [-0.1, -0.05) is 42.5 Å². The van der Waals surface area contributed by atoms with Crippen molar-refractivity contribution in [1.29, 1.82) is 0 Å². The summed E-state index contributed by atoms with van der Waals surface area (Å²) in [5, 5.41) is 2.86. The number of hydrogen-bond acceptors (Lipinski definition) is 4. The van der Waals surface area contributed by atoms with E-state index in [0.717, 1.165) is 10.5 Å². The van der Waals surface area contributed by atoms with Crippen molar-refractivity contribution >= 4 is 29.3 Å². The van der Waals surface area contributed by atoms with Crippen LogP contribution in [0.4, 0.5) is 5.69 Å². The van der Waals surface area contributed by atoms with Crippen molar-refractivity contribution in [2.45, 2.75) is 13.0 Å². The van der Waals surface area contributed by atoms with Crippen LogP contribution in [-0.4, -0.2) is 47.0 Å². The molecule has 1 aliphatic heterocycles. The van der Waals surface area contributed by atoms with Crippen molar-refractivity contribution in [3.63, 3.8) is 0 Å². The van der Waals surface area contributed by atoms with E-state index in [1.807, 2.05) is 19.1 Å². The fraction of sp³-hybridized carbons (Fsp3) is 0.154. The molecule has 4 rings (SSSR count). The van der Waals surface area contributed by atoms with Crippen molar-refractivity contribution in [1.82, 2.24) is 9.80 Å². The SMILES string of the molecule is CC(c1cccc(NC(=O)c2ccccc2)c1)N(C)C(=O)CN1C(=O)c2ccccc2C1=O. The molecule has 7 nitrogen and oxygen atoms in total. The maximum atomic E-state index is 12.9. The monoisotopic (exact) mass is 441 g/mol. The number of anilines is 1. The summed E-state index contributed by atoms with van der Waals surface area (Å²) in [6.07, 6.45) is 0. The Bertz CT molecular complexity index is 1200. The van der Waals surface area contributed by atoms with E-state index in [2.05, 4.69) is 5.32 Å². The first-order valence-corrected chi connectivity index (χ1v) is 10.5. The normalized spacial score (nSPS) is 13.5. The summed E-state index contributed by atoms with van der Waals surface area (Å²) in [6, 6.07) is 22.3.